The quantitative estimate of drug-likeness (QED) is 0.417. The lowest BCUT2D eigenvalue weighted by molar-refractivity contribution is 0.0952. The van der Waals surface area contributed by atoms with Crippen LogP contribution < -0.4 is 10.2 Å². The topological polar surface area (TPSA) is 75.9 Å². The van der Waals surface area contributed by atoms with Gasteiger partial charge in [0.25, 0.3) is 5.91 Å². The third-order valence-electron chi connectivity index (χ3n) is 5.17. The van der Waals surface area contributed by atoms with Crippen molar-refractivity contribution in [3.05, 3.63) is 41.0 Å². The predicted octanol–water partition coefficient (Wildman–Crippen LogP) is 4.40. The van der Waals surface area contributed by atoms with Gasteiger partial charge in [0.2, 0.25) is 0 Å². The molecule has 164 valence electrons. The fourth-order valence-corrected chi connectivity index (χ4v) is 4.50. The van der Waals surface area contributed by atoms with Gasteiger partial charge in [-0.3, -0.25) is 4.79 Å². The first-order chi connectivity index (χ1) is 15.0. The van der Waals surface area contributed by atoms with Gasteiger partial charge < -0.3 is 10.2 Å². The molecule has 0 saturated carbocycles. The SMILES string of the molecule is CC(C)Sc1nc(N2CCCCC2)c2cnn(CCNC(=O)c3ccc(Cl)cc3)c2n1. The molecular formula is C22H27ClN6OS. The summed E-state index contributed by atoms with van der Waals surface area (Å²) in [4.78, 5) is 24.4. The summed E-state index contributed by atoms with van der Waals surface area (Å²) >= 11 is 7.56. The third kappa shape index (κ3) is 5.30. The van der Waals surface area contributed by atoms with Crippen molar-refractivity contribution in [3.63, 3.8) is 0 Å². The number of piperidine rings is 1. The van der Waals surface area contributed by atoms with Gasteiger partial charge >= 0.3 is 0 Å². The highest BCUT2D eigenvalue weighted by atomic mass is 35.5. The zero-order valence-corrected chi connectivity index (χ0v) is 19.4. The van der Waals surface area contributed by atoms with Crippen LogP contribution >= 0.6 is 23.4 Å². The fourth-order valence-electron chi connectivity index (χ4n) is 3.67. The molecule has 0 atom stereocenters. The van der Waals surface area contributed by atoms with E-state index in [4.69, 9.17) is 21.6 Å². The number of carbonyl (C=O) groups is 1. The summed E-state index contributed by atoms with van der Waals surface area (Å²) < 4.78 is 1.86. The summed E-state index contributed by atoms with van der Waals surface area (Å²) in [5.41, 5.74) is 1.40. The Morgan fingerprint density at radius 2 is 1.90 bits per heavy atom. The maximum absolute atomic E-state index is 12.4. The summed E-state index contributed by atoms with van der Waals surface area (Å²) in [5.74, 6) is 0.845. The molecule has 1 aromatic carbocycles. The maximum atomic E-state index is 12.4. The lowest BCUT2D eigenvalue weighted by atomic mass is 10.1. The minimum atomic E-state index is -0.132. The summed E-state index contributed by atoms with van der Waals surface area (Å²) in [7, 11) is 0. The van der Waals surface area contributed by atoms with E-state index in [1.54, 1.807) is 36.0 Å². The molecule has 0 bridgehead atoms. The van der Waals surface area contributed by atoms with Gasteiger partial charge in [-0.1, -0.05) is 37.2 Å². The number of nitrogens with zero attached hydrogens (tertiary/aromatic N) is 5. The number of aromatic nitrogens is 4. The molecule has 0 spiro atoms. The van der Waals surface area contributed by atoms with E-state index >= 15 is 0 Å². The molecule has 0 unspecified atom stereocenters. The summed E-state index contributed by atoms with van der Waals surface area (Å²) in [6.07, 6.45) is 5.49. The van der Waals surface area contributed by atoms with Crippen molar-refractivity contribution in [2.24, 2.45) is 0 Å². The van der Waals surface area contributed by atoms with Crippen LogP contribution in [0.3, 0.4) is 0 Å². The van der Waals surface area contributed by atoms with Gasteiger partial charge in [-0.2, -0.15) is 5.10 Å². The van der Waals surface area contributed by atoms with Crippen molar-refractivity contribution in [1.82, 2.24) is 25.1 Å². The number of nitrogens with one attached hydrogen (secondary N) is 1. The second kappa shape index (κ2) is 9.87. The number of fused-ring (bicyclic) bond motifs is 1. The van der Waals surface area contributed by atoms with Crippen LogP contribution in [0, 0.1) is 0 Å². The molecule has 1 aliphatic heterocycles. The Balaban J connectivity index is 1.53. The standard InChI is InChI=1S/C22H27ClN6OS/c1-15(2)31-22-26-19(28-11-4-3-5-12-28)18-14-25-29(20(18)27-22)13-10-24-21(30)16-6-8-17(23)9-7-16/h6-9,14-15H,3-5,10-13H2,1-2H3,(H,24,30). The van der Waals surface area contributed by atoms with Crippen molar-refractivity contribution < 1.29 is 4.79 Å². The van der Waals surface area contributed by atoms with Crippen LogP contribution in [-0.4, -0.2) is 50.5 Å². The number of thioether (sulfide) groups is 1. The van der Waals surface area contributed by atoms with Crippen LogP contribution in [0.4, 0.5) is 5.82 Å². The van der Waals surface area contributed by atoms with Gasteiger partial charge in [-0.25, -0.2) is 14.6 Å². The average Bonchev–Trinajstić information content (AvgIpc) is 3.16. The Morgan fingerprint density at radius 3 is 2.61 bits per heavy atom. The van der Waals surface area contributed by atoms with Gasteiger partial charge in [-0.15, -0.1) is 0 Å². The van der Waals surface area contributed by atoms with E-state index in [9.17, 15) is 4.79 Å². The average molecular weight is 459 g/mol. The highest BCUT2D eigenvalue weighted by Gasteiger charge is 2.20. The lowest BCUT2D eigenvalue weighted by Crippen LogP contribution is -2.30. The van der Waals surface area contributed by atoms with E-state index in [-0.39, 0.29) is 5.91 Å². The fraction of sp³-hybridized carbons (Fsp3) is 0.455. The van der Waals surface area contributed by atoms with E-state index in [1.807, 2.05) is 10.9 Å². The smallest absolute Gasteiger partial charge is 0.251 e. The lowest BCUT2D eigenvalue weighted by Gasteiger charge is -2.28. The zero-order valence-electron chi connectivity index (χ0n) is 17.8. The molecule has 0 radical (unpaired) electrons. The van der Waals surface area contributed by atoms with E-state index in [0.717, 1.165) is 35.1 Å². The van der Waals surface area contributed by atoms with Crippen molar-refractivity contribution in [3.8, 4) is 0 Å². The number of hydrogen-bond acceptors (Lipinski definition) is 6. The number of benzene rings is 1. The first-order valence-corrected chi connectivity index (χ1v) is 12.0. The van der Waals surface area contributed by atoms with Gasteiger partial charge in [-0.05, 0) is 43.5 Å². The second-order valence-corrected chi connectivity index (χ2v) is 9.89. The Hall–Kier alpha value is -2.32. The monoisotopic (exact) mass is 458 g/mol. The molecule has 1 fully saturated rings. The molecule has 9 heteroatoms. The van der Waals surface area contributed by atoms with E-state index < -0.39 is 0 Å². The number of anilines is 1. The first kappa shape index (κ1) is 21.9. The Kier molecular flexibility index (Phi) is 6.97. The summed E-state index contributed by atoms with van der Waals surface area (Å²) in [6, 6.07) is 6.86. The normalized spacial score (nSPS) is 14.4. The molecule has 1 aliphatic rings. The summed E-state index contributed by atoms with van der Waals surface area (Å²) in [6.45, 7) is 7.30. The van der Waals surface area contributed by atoms with Crippen LogP contribution in [-0.2, 0) is 6.54 Å². The highest BCUT2D eigenvalue weighted by Crippen LogP contribution is 2.30. The van der Waals surface area contributed by atoms with E-state index in [1.165, 1.54) is 19.3 Å². The number of rotatable bonds is 7. The molecule has 31 heavy (non-hydrogen) atoms. The predicted molar refractivity (Wildman–Crippen MR) is 126 cm³/mol. The number of hydrogen-bond donors (Lipinski definition) is 1. The van der Waals surface area contributed by atoms with Gasteiger partial charge in [0.1, 0.15) is 5.82 Å². The third-order valence-corrected chi connectivity index (χ3v) is 6.28. The Bertz CT molecular complexity index is 1050. The van der Waals surface area contributed by atoms with E-state index in [2.05, 4.69) is 29.2 Å². The molecule has 2 aromatic heterocycles. The Morgan fingerprint density at radius 1 is 1.16 bits per heavy atom. The van der Waals surface area contributed by atoms with Gasteiger partial charge in [0, 0.05) is 35.5 Å². The Labute approximate surface area is 191 Å². The molecule has 1 amide bonds. The minimum absolute atomic E-state index is 0.132. The second-order valence-electron chi connectivity index (χ2n) is 7.91. The van der Waals surface area contributed by atoms with Gasteiger partial charge in [0.05, 0.1) is 18.1 Å². The van der Waals surface area contributed by atoms with Crippen molar-refractivity contribution in [2.45, 2.75) is 50.1 Å². The highest BCUT2D eigenvalue weighted by molar-refractivity contribution is 7.99. The van der Waals surface area contributed by atoms with Crippen molar-refractivity contribution in [1.29, 1.82) is 0 Å². The van der Waals surface area contributed by atoms with Gasteiger partial charge in [0.15, 0.2) is 10.8 Å². The zero-order chi connectivity index (χ0) is 21.8. The molecule has 3 heterocycles. The van der Waals surface area contributed by atoms with Crippen LogP contribution in [0.1, 0.15) is 43.5 Å². The number of halogens is 1. The minimum Gasteiger partial charge on any atom is -0.356 e. The van der Waals surface area contributed by atoms with Crippen LogP contribution in [0.2, 0.25) is 5.02 Å². The molecule has 1 N–H and O–H groups in total. The molecule has 4 rings (SSSR count). The molecule has 1 saturated heterocycles. The van der Waals surface area contributed by atoms with Crippen LogP contribution in [0.25, 0.3) is 11.0 Å². The van der Waals surface area contributed by atoms with Crippen molar-refractivity contribution >= 4 is 46.1 Å². The molecular weight excluding hydrogens is 432 g/mol. The number of carbonyl (C=O) groups excluding carboxylic acids is 1. The molecule has 7 nitrogen and oxygen atoms in total. The maximum Gasteiger partial charge on any atom is 0.251 e. The van der Waals surface area contributed by atoms with Crippen LogP contribution in [0.15, 0.2) is 35.6 Å². The largest absolute Gasteiger partial charge is 0.356 e. The molecule has 0 aliphatic carbocycles. The van der Waals surface area contributed by atoms with E-state index in [0.29, 0.717) is 28.9 Å². The molecule has 3 aromatic rings. The van der Waals surface area contributed by atoms with Crippen LogP contribution in [0.5, 0.6) is 0 Å². The van der Waals surface area contributed by atoms with Crippen molar-refractivity contribution in [2.75, 3.05) is 24.5 Å². The first-order valence-electron chi connectivity index (χ1n) is 10.7. The summed E-state index contributed by atoms with van der Waals surface area (Å²) in [5, 5.41) is 10.3. The number of amides is 1.